The van der Waals surface area contributed by atoms with Gasteiger partial charge in [0.2, 0.25) is 11.0 Å². The van der Waals surface area contributed by atoms with Crippen molar-refractivity contribution in [3.63, 3.8) is 0 Å². The number of hydrogen-bond acceptors (Lipinski definition) is 5. The Morgan fingerprint density at radius 3 is 2.79 bits per heavy atom. The molecule has 0 radical (unpaired) electrons. The molecule has 118 valence electrons. The Labute approximate surface area is 149 Å². The van der Waals surface area contributed by atoms with Gasteiger partial charge < -0.3 is 4.74 Å². The van der Waals surface area contributed by atoms with Crippen molar-refractivity contribution in [2.24, 2.45) is 0 Å². The summed E-state index contributed by atoms with van der Waals surface area (Å²) in [6, 6.07) is 16.0. The van der Waals surface area contributed by atoms with E-state index in [1.54, 1.807) is 10.1 Å². The maximum atomic E-state index is 10.5. The number of thiazole rings is 1. The van der Waals surface area contributed by atoms with Crippen LogP contribution in [0.5, 0.6) is 5.88 Å². The first-order valence-corrected chi connectivity index (χ1v) is 8.73. The van der Waals surface area contributed by atoms with Crippen molar-refractivity contribution in [1.82, 2.24) is 14.8 Å². The first-order valence-electron chi connectivity index (χ1n) is 7.06. The third-order valence-electron chi connectivity index (χ3n) is 3.51. The van der Waals surface area contributed by atoms with Crippen molar-refractivity contribution < 1.29 is 9.53 Å². The van der Waals surface area contributed by atoms with E-state index in [-0.39, 0.29) is 5.88 Å². The van der Waals surface area contributed by atoms with E-state index in [9.17, 15) is 4.79 Å². The van der Waals surface area contributed by atoms with Crippen LogP contribution in [0.3, 0.4) is 0 Å². The van der Waals surface area contributed by atoms with E-state index in [0.29, 0.717) is 11.6 Å². The average molecular weight is 400 g/mol. The lowest BCUT2D eigenvalue weighted by atomic mass is 10.1. The first kappa shape index (κ1) is 15.0. The molecule has 0 aliphatic rings. The molecule has 7 heteroatoms. The fourth-order valence-electron chi connectivity index (χ4n) is 2.49. The maximum Gasteiger partial charge on any atom is 0.299 e. The molecular weight excluding hydrogens is 390 g/mol. The van der Waals surface area contributed by atoms with Crippen molar-refractivity contribution in [1.29, 1.82) is 0 Å². The van der Waals surface area contributed by atoms with Gasteiger partial charge in [-0.1, -0.05) is 57.6 Å². The van der Waals surface area contributed by atoms with E-state index >= 15 is 0 Å². The van der Waals surface area contributed by atoms with E-state index in [1.807, 2.05) is 48.5 Å². The second kappa shape index (κ2) is 6.18. The van der Waals surface area contributed by atoms with E-state index in [0.717, 1.165) is 26.6 Å². The lowest BCUT2D eigenvalue weighted by Crippen LogP contribution is -1.96. The third-order valence-corrected chi connectivity index (χ3v) is 4.80. The zero-order valence-electron chi connectivity index (χ0n) is 12.2. The normalized spacial score (nSPS) is 10.9. The summed E-state index contributed by atoms with van der Waals surface area (Å²) in [6.07, 6.45) is 0. The highest BCUT2D eigenvalue weighted by molar-refractivity contribution is 9.10. The lowest BCUT2D eigenvalue weighted by molar-refractivity contribution is -0.120. The molecule has 0 aliphatic heterocycles. The number of fused-ring (bicyclic) bond motifs is 1. The standard InChI is InChI=1S/C17H10BrN3O2S/c18-12-6-7-13-14(8-12)21(17-19-15(9-24-17)23-10-22)20-16(13)11-4-2-1-3-5-11/h1-10H. The van der Waals surface area contributed by atoms with Crippen LogP contribution in [0.1, 0.15) is 0 Å². The summed E-state index contributed by atoms with van der Waals surface area (Å²) >= 11 is 4.87. The van der Waals surface area contributed by atoms with Gasteiger partial charge in [-0.15, -0.1) is 0 Å². The molecule has 5 nitrogen and oxygen atoms in total. The minimum atomic E-state index is 0.268. The summed E-state index contributed by atoms with van der Waals surface area (Å²) in [4.78, 5) is 14.8. The second-order valence-electron chi connectivity index (χ2n) is 4.97. The van der Waals surface area contributed by atoms with Gasteiger partial charge in [0, 0.05) is 15.4 Å². The molecule has 0 fully saturated rings. The predicted molar refractivity (Wildman–Crippen MR) is 96.6 cm³/mol. The second-order valence-corrected chi connectivity index (χ2v) is 6.72. The number of halogens is 1. The molecule has 0 unspecified atom stereocenters. The van der Waals surface area contributed by atoms with Crippen molar-refractivity contribution in [2.45, 2.75) is 0 Å². The van der Waals surface area contributed by atoms with E-state index in [2.05, 4.69) is 20.9 Å². The number of ether oxygens (including phenoxy) is 1. The molecule has 4 aromatic rings. The van der Waals surface area contributed by atoms with Crippen molar-refractivity contribution in [3.05, 3.63) is 58.4 Å². The molecule has 2 aromatic carbocycles. The molecule has 0 amide bonds. The minimum absolute atomic E-state index is 0.268. The van der Waals surface area contributed by atoms with Gasteiger partial charge in [-0.05, 0) is 18.2 Å². The van der Waals surface area contributed by atoms with Gasteiger partial charge in [0.15, 0.2) is 0 Å². The number of carbonyl (C=O) groups is 1. The zero-order valence-corrected chi connectivity index (χ0v) is 14.6. The molecule has 0 aliphatic carbocycles. The fourth-order valence-corrected chi connectivity index (χ4v) is 3.54. The minimum Gasteiger partial charge on any atom is -0.409 e. The Hall–Kier alpha value is -2.51. The van der Waals surface area contributed by atoms with Gasteiger partial charge in [-0.2, -0.15) is 10.1 Å². The quantitative estimate of drug-likeness (QED) is 0.475. The van der Waals surface area contributed by atoms with E-state index in [1.165, 1.54) is 11.3 Å². The van der Waals surface area contributed by atoms with Crippen molar-refractivity contribution >= 4 is 44.6 Å². The molecular formula is C17H10BrN3O2S. The van der Waals surface area contributed by atoms with Crippen LogP contribution in [-0.2, 0) is 4.79 Å². The maximum absolute atomic E-state index is 10.5. The topological polar surface area (TPSA) is 57.0 Å². The van der Waals surface area contributed by atoms with Crippen molar-refractivity contribution in [3.8, 4) is 22.3 Å². The monoisotopic (exact) mass is 399 g/mol. The van der Waals surface area contributed by atoms with Gasteiger partial charge in [0.05, 0.1) is 10.9 Å². The summed E-state index contributed by atoms with van der Waals surface area (Å²) in [5.41, 5.74) is 2.84. The molecule has 2 aromatic heterocycles. The first-order chi connectivity index (χ1) is 11.8. The Kier molecular flexibility index (Phi) is 3.87. The third kappa shape index (κ3) is 2.61. The van der Waals surface area contributed by atoms with Gasteiger partial charge in [-0.25, -0.2) is 4.68 Å². The molecule has 2 heterocycles. The zero-order chi connectivity index (χ0) is 16.5. The highest BCUT2D eigenvalue weighted by atomic mass is 79.9. The van der Waals surface area contributed by atoms with Crippen LogP contribution in [0.15, 0.2) is 58.4 Å². The van der Waals surface area contributed by atoms with Crippen molar-refractivity contribution in [2.75, 3.05) is 0 Å². The van der Waals surface area contributed by atoms with Crippen LogP contribution in [0.25, 0.3) is 27.3 Å². The number of carbonyl (C=O) groups excluding carboxylic acids is 1. The number of nitrogens with zero attached hydrogens (tertiary/aromatic N) is 3. The Morgan fingerprint density at radius 2 is 2.00 bits per heavy atom. The number of aromatic nitrogens is 3. The lowest BCUT2D eigenvalue weighted by Gasteiger charge is -1.98. The largest absolute Gasteiger partial charge is 0.409 e. The summed E-state index contributed by atoms with van der Waals surface area (Å²) in [6.45, 7) is 0.367. The average Bonchev–Trinajstić information content (AvgIpc) is 3.20. The SMILES string of the molecule is O=COc1csc(-n2nc(-c3ccccc3)c3ccc(Br)cc32)n1. The fraction of sp³-hybridized carbons (Fsp3) is 0. The molecule has 0 saturated carbocycles. The van der Waals surface area contributed by atoms with Gasteiger partial charge >= 0.3 is 0 Å². The smallest absolute Gasteiger partial charge is 0.299 e. The molecule has 0 atom stereocenters. The number of rotatable bonds is 4. The van der Waals surface area contributed by atoms with Crippen LogP contribution in [0, 0.1) is 0 Å². The Bertz CT molecular complexity index is 1030. The van der Waals surface area contributed by atoms with Crippen LogP contribution in [0.4, 0.5) is 0 Å². The molecule has 4 rings (SSSR count). The summed E-state index contributed by atoms with van der Waals surface area (Å²) in [5, 5.41) is 8.08. The van der Waals surface area contributed by atoms with Gasteiger partial charge in [0.1, 0.15) is 5.69 Å². The summed E-state index contributed by atoms with van der Waals surface area (Å²) in [7, 11) is 0. The van der Waals surface area contributed by atoms with Crippen LogP contribution < -0.4 is 4.74 Å². The highest BCUT2D eigenvalue weighted by Gasteiger charge is 2.16. The van der Waals surface area contributed by atoms with Crippen LogP contribution in [0.2, 0.25) is 0 Å². The van der Waals surface area contributed by atoms with Crippen LogP contribution >= 0.6 is 27.3 Å². The predicted octanol–water partition coefficient (Wildman–Crippen LogP) is 4.45. The summed E-state index contributed by atoms with van der Waals surface area (Å²) in [5.74, 6) is 0.268. The Balaban J connectivity index is 1.94. The number of benzene rings is 2. The van der Waals surface area contributed by atoms with Gasteiger partial charge in [-0.3, -0.25) is 4.79 Å². The van der Waals surface area contributed by atoms with E-state index in [4.69, 9.17) is 9.84 Å². The Morgan fingerprint density at radius 1 is 1.17 bits per heavy atom. The highest BCUT2D eigenvalue weighted by Crippen LogP contribution is 2.32. The molecule has 0 spiro atoms. The molecule has 0 bridgehead atoms. The molecule has 0 N–H and O–H groups in total. The summed E-state index contributed by atoms with van der Waals surface area (Å²) < 4.78 is 7.53. The molecule has 24 heavy (non-hydrogen) atoms. The van der Waals surface area contributed by atoms with Gasteiger partial charge in [0.25, 0.3) is 6.47 Å². The van der Waals surface area contributed by atoms with Crippen LogP contribution in [-0.4, -0.2) is 21.2 Å². The van der Waals surface area contributed by atoms with E-state index < -0.39 is 0 Å². The molecule has 0 saturated heterocycles. The number of hydrogen-bond donors (Lipinski definition) is 0.